The van der Waals surface area contributed by atoms with Gasteiger partial charge in [0, 0.05) is 11.4 Å². The highest BCUT2D eigenvalue weighted by atomic mass is 35.5. The van der Waals surface area contributed by atoms with Crippen LogP contribution in [0.3, 0.4) is 0 Å². The van der Waals surface area contributed by atoms with E-state index in [-0.39, 0.29) is 12.4 Å². The van der Waals surface area contributed by atoms with Crippen molar-refractivity contribution in [2.75, 3.05) is 13.7 Å². The zero-order valence-electron chi connectivity index (χ0n) is 11.1. The number of ether oxygens (including phenoxy) is 2. The van der Waals surface area contributed by atoms with Crippen molar-refractivity contribution in [1.82, 2.24) is 0 Å². The molecule has 104 valence electrons. The predicted molar refractivity (Wildman–Crippen MR) is 78.7 cm³/mol. The SMILES string of the molecule is COc1cccc(CC(=O)COc2ccc(Cl)cc2)c1. The second kappa shape index (κ2) is 6.96. The molecule has 3 nitrogen and oxygen atoms in total. The second-order valence-corrected chi connectivity index (χ2v) is 4.75. The summed E-state index contributed by atoms with van der Waals surface area (Å²) in [5.41, 5.74) is 0.911. The highest BCUT2D eigenvalue weighted by Crippen LogP contribution is 2.16. The molecule has 4 heteroatoms. The Morgan fingerprint density at radius 1 is 1.10 bits per heavy atom. The fourth-order valence-corrected chi connectivity index (χ4v) is 1.88. The molecular formula is C16H15ClO3. The Bertz CT molecular complexity index is 579. The first-order valence-corrected chi connectivity index (χ1v) is 6.58. The van der Waals surface area contributed by atoms with Crippen molar-refractivity contribution < 1.29 is 14.3 Å². The molecule has 0 aliphatic heterocycles. The van der Waals surface area contributed by atoms with E-state index in [9.17, 15) is 4.79 Å². The van der Waals surface area contributed by atoms with Crippen molar-refractivity contribution in [3.63, 3.8) is 0 Å². The van der Waals surface area contributed by atoms with Crippen LogP contribution in [0.25, 0.3) is 0 Å². The number of benzene rings is 2. The second-order valence-electron chi connectivity index (χ2n) is 4.31. The molecule has 0 aliphatic rings. The summed E-state index contributed by atoms with van der Waals surface area (Å²) in [6.45, 7) is 0.0405. The quantitative estimate of drug-likeness (QED) is 0.816. The van der Waals surface area contributed by atoms with Crippen LogP contribution in [0.5, 0.6) is 11.5 Å². The third kappa shape index (κ3) is 4.28. The number of hydrogen-bond donors (Lipinski definition) is 0. The molecule has 2 aromatic rings. The Kier molecular flexibility index (Phi) is 5.02. The third-order valence-corrected chi connectivity index (χ3v) is 3.00. The van der Waals surface area contributed by atoms with Crippen LogP contribution in [0.2, 0.25) is 5.02 Å². The monoisotopic (exact) mass is 290 g/mol. The van der Waals surface area contributed by atoms with E-state index in [1.165, 1.54) is 0 Å². The average Bonchev–Trinajstić information content (AvgIpc) is 2.47. The maximum atomic E-state index is 11.9. The number of halogens is 1. The summed E-state index contributed by atoms with van der Waals surface area (Å²) in [6.07, 6.45) is 0.324. The van der Waals surface area contributed by atoms with E-state index in [1.807, 2.05) is 24.3 Å². The summed E-state index contributed by atoms with van der Waals surface area (Å²) in [5.74, 6) is 1.38. The molecule has 20 heavy (non-hydrogen) atoms. The summed E-state index contributed by atoms with van der Waals surface area (Å²) in [7, 11) is 1.60. The summed E-state index contributed by atoms with van der Waals surface area (Å²) in [6, 6.07) is 14.4. The molecule has 0 spiro atoms. The molecule has 0 fully saturated rings. The van der Waals surface area contributed by atoms with Gasteiger partial charge in [-0.2, -0.15) is 0 Å². The molecule has 0 unspecified atom stereocenters. The molecule has 0 aromatic heterocycles. The molecule has 0 radical (unpaired) electrons. The van der Waals surface area contributed by atoms with Crippen molar-refractivity contribution in [3.8, 4) is 11.5 Å². The first-order valence-electron chi connectivity index (χ1n) is 6.20. The van der Waals surface area contributed by atoms with Crippen LogP contribution in [0.15, 0.2) is 48.5 Å². The van der Waals surface area contributed by atoms with Crippen LogP contribution >= 0.6 is 11.6 Å². The summed E-state index contributed by atoms with van der Waals surface area (Å²) >= 11 is 5.78. The van der Waals surface area contributed by atoms with Crippen LogP contribution in [-0.2, 0) is 11.2 Å². The molecular weight excluding hydrogens is 276 g/mol. The van der Waals surface area contributed by atoms with Crippen molar-refractivity contribution >= 4 is 17.4 Å². The van der Waals surface area contributed by atoms with Crippen molar-refractivity contribution in [1.29, 1.82) is 0 Å². The van der Waals surface area contributed by atoms with Gasteiger partial charge in [-0.05, 0) is 42.0 Å². The van der Waals surface area contributed by atoms with Crippen molar-refractivity contribution in [2.24, 2.45) is 0 Å². The number of hydrogen-bond acceptors (Lipinski definition) is 3. The van der Waals surface area contributed by atoms with Gasteiger partial charge < -0.3 is 9.47 Å². The number of methoxy groups -OCH3 is 1. The maximum absolute atomic E-state index is 11.9. The molecule has 0 atom stereocenters. The van der Waals surface area contributed by atoms with Crippen molar-refractivity contribution in [3.05, 3.63) is 59.1 Å². The number of ketones is 1. The van der Waals surface area contributed by atoms with Crippen LogP contribution in [-0.4, -0.2) is 19.5 Å². The van der Waals surface area contributed by atoms with E-state index in [0.29, 0.717) is 17.2 Å². The van der Waals surface area contributed by atoms with E-state index in [1.54, 1.807) is 31.4 Å². The lowest BCUT2D eigenvalue weighted by atomic mass is 10.1. The Morgan fingerprint density at radius 3 is 2.55 bits per heavy atom. The highest BCUT2D eigenvalue weighted by Gasteiger charge is 2.06. The molecule has 0 saturated heterocycles. The van der Waals surface area contributed by atoms with E-state index in [2.05, 4.69) is 0 Å². The fourth-order valence-electron chi connectivity index (χ4n) is 1.76. The van der Waals surface area contributed by atoms with Crippen LogP contribution in [0.1, 0.15) is 5.56 Å². The first-order chi connectivity index (χ1) is 9.67. The Hall–Kier alpha value is -2.00. The average molecular weight is 291 g/mol. The normalized spacial score (nSPS) is 10.1. The van der Waals surface area contributed by atoms with Gasteiger partial charge in [0.05, 0.1) is 7.11 Å². The van der Waals surface area contributed by atoms with Gasteiger partial charge in [0.1, 0.15) is 18.1 Å². The molecule has 0 heterocycles. The van der Waals surface area contributed by atoms with Gasteiger partial charge >= 0.3 is 0 Å². The zero-order chi connectivity index (χ0) is 14.4. The Labute approximate surface area is 123 Å². The molecule has 0 saturated carbocycles. The Balaban J connectivity index is 1.87. The van der Waals surface area contributed by atoms with Crippen molar-refractivity contribution in [2.45, 2.75) is 6.42 Å². The molecule has 2 aromatic carbocycles. The van der Waals surface area contributed by atoms with Gasteiger partial charge in [-0.25, -0.2) is 0 Å². The molecule has 0 aliphatic carbocycles. The van der Waals surface area contributed by atoms with E-state index < -0.39 is 0 Å². The van der Waals surface area contributed by atoms with E-state index in [4.69, 9.17) is 21.1 Å². The third-order valence-electron chi connectivity index (χ3n) is 2.75. The minimum absolute atomic E-state index is 0.00760. The smallest absolute Gasteiger partial charge is 0.174 e. The van der Waals surface area contributed by atoms with Gasteiger partial charge in [-0.1, -0.05) is 23.7 Å². The van der Waals surface area contributed by atoms with Gasteiger partial charge in [0.15, 0.2) is 5.78 Å². The molecule has 0 N–H and O–H groups in total. The first kappa shape index (κ1) is 14.4. The molecule has 2 rings (SSSR count). The van der Waals surface area contributed by atoms with Crippen LogP contribution in [0.4, 0.5) is 0 Å². The number of carbonyl (C=O) groups is 1. The Morgan fingerprint density at radius 2 is 1.85 bits per heavy atom. The number of carbonyl (C=O) groups excluding carboxylic acids is 1. The fraction of sp³-hybridized carbons (Fsp3) is 0.188. The lowest BCUT2D eigenvalue weighted by Crippen LogP contribution is -2.13. The van der Waals surface area contributed by atoms with Gasteiger partial charge in [-0.3, -0.25) is 4.79 Å². The van der Waals surface area contributed by atoms with Crippen LogP contribution < -0.4 is 9.47 Å². The number of Topliss-reactive ketones (excluding diaryl/α,β-unsaturated/α-hetero) is 1. The van der Waals surface area contributed by atoms with E-state index in [0.717, 1.165) is 11.3 Å². The number of rotatable bonds is 6. The standard InChI is InChI=1S/C16H15ClO3/c1-19-16-4-2-3-12(10-16)9-14(18)11-20-15-7-5-13(17)6-8-15/h2-8,10H,9,11H2,1H3. The zero-order valence-corrected chi connectivity index (χ0v) is 11.9. The lowest BCUT2D eigenvalue weighted by Gasteiger charge is -2.06. The van der Waals surface area contributed by atoms with Gasteiger partial charge in [0.25, 0.3) is 0 Å². The topological polar surface area (TPSA) is 35.5 Å². The van der Waals surface area contributed by atoms with E-state index >= 15 is 0 Å². The lowest BCUT2D eigenvalue weighted by molar-refractivity contribution is -0.120. The van der Waals surface area contributed by atoms with Gasteiger partial charge in [0.2, 0.25) is 0 Å². The minimum Gasteiger partial charge on any atom is -0.497 e. The van der Waals surface area contributed by atoms with Gasteiger partial charge in [-0.15, -0.1) is 0 Å². The molecule has 0 amide bonds. The minimum atomic E-state index is 0.00760. The summed E-state index contributed by atoms with van der Waals surface area (Å²) < 4.78 is 10.5. The predicted octanol–water partition coefficient (Wildman–Crippen LogP) is 3.54. The van der Waals surface area contributed by atoms with Crippen LogP contribution in [0, 0.1) is 0 Å². The highest BCUT2D eigenvalue weighted by molar-refractivity contribution is 6.30. The summed E-state index contributed by atoms with van der Waals surface area (Å²) in [4.78, 5) is 11.9. The maximum Gasteiger partial charge on any atom is 0.174 e. The molecule has 0 bridgehead atoms. The largest absolute Gasteiger partial charge is 0.497 e. The summed E-state index contributed by atoms with van der Waals surface area (Å²) in [5, 5.41) is 0.639.